The number of anilines is 1. The van der Waals surface area contributed by atoms with E-state index in [1.54, 1.807) is 11.3 Å². The van der Waals surface area contributed by atoms with Crippen molar-refractivity contribution in [3.05, 3.63) is 18.2 Å². The highest BCUT2D eigenvalue weighted by Crippen LogP contribution is 2.30. The van der Waals surface area contributed by atoms with E-state index >= 15 is 0 Å². The third kappa shape index (κ3) is 2.93. The van der Waals surface area contributed by atoms with Crippen molar-refractivity contribution < 1.29 is 4.74 Å². The van der Waals surface area contributed by atoms with Gasteiger partial charge in [-0.2, -0.15) is 0 Å². The molecule has 2 aromatic rings. The highest BCUT2D eigenvalue weighted by Gasteiger charge is 2.10. The number of hydrogen-bond acceptors (Lipinski definition) is 4. The van der Waals surface area contributed by atoms with Crippen molar-refractivity contribution in [3.8, 4) is 5.75 Å². The van der Waals surface area contributed by atoms with Crippen LogP contribution in [-0.4, -0.2) is 17.6 Å². The van der Waals surface area contributed by atoms with Crippen LogP contribution in [-0.2, 0) is 0 Å². The number of benzene rings is 1. The normalized spacial score (nSPS) is 12.9. The van der Waals surface area contributed by atoms with E-state index in [0.29, 0.717) is 18.6 Å². The Morgan fingerprint density at radius 2 is 2.11 bits per heavy atom. The molecule has 3 nitrogen and oxygen atoms in total. The van der Waals surface area contributed by atoms with Crippen LogP contribution in [0.1, 0.15) is 27.7 Å². The predicted molar refractivity (Wildman–Crippen MR) is 78.7 cm³/mol. The van der Waals surface area contributed by atoms with Gasteiger partial charge >= 0.3 is 0 Å². The van der Waals surface area contributed by atoms with Gasteiger partial charge in [-0.25, -0.2) is 4.98 Å². The van der Waals surface area contributed by atoms with Crippen LogP contribution >= 0.6 is 11.3 Å². The molecule has 18 heavy (non-hydrogen) atoms. The molecule has 1 heterocycles. The fourth-order valence-electron chi connectivity index (χ4n) is 1.58. The summed E-state index contributed by atoms with van der Waals surface area (Å²) in [6.45, 7) is 9.28. The molecular weight excluding hydrogens is 244 g/mol. The maximum atomic E-state index is 5.50. The van der Waals surface area contributed by atoms with E-state index in [0.717, 1.165) is 16.4 Å². The molecule has 1 unspecified atom stereocenters. The molecule has 1 N–H and O–H groups in total. The van der Waals surface area contributed by atoms with E-state index in [1.807, 2.05) is 19.1 Å². The molecule has 0 saturated carbocycles. The standard InChI is InChI=1S/C14H20N2OS/c1-5-17-11-6-7-12-13(8-11)18-14(16-12)15-10(4)9(2)3/h6-10H,5H2,1-4H3,(H,15,16). The van der Waals surface area contributed by atoms with E-state index in [2.05, 4.69) is 37.1 Å². The van der Waals surface area contributed by atoms with Crippen LogP contribution in [0.15, 0.2) is 18.2 Å². The van der Waals surface area contributed by atoms with Crippen LogP contribution in [0.3, 0.4) is 0 Å². The van der Waals surface area contributed by atoms with Gasteiger partial charge in [-0.15, -0.1) is 0 Å². The lowest BCUT2D eigenvalue weighted by Crippen LogP contribution is -2.21. The molecule has 0 radical (unpaired) electrons. The molecule has 0 aliphatic heterocycles. The molecule has 0 amide bonds. The molecule has 4 heteroatoms. The minimum absolute atomic E-state index is 0.428. The number of aromatic nitrogens is 1. The van der Waals surface area contributed by atoms with Crippen molar-refractivity contribution in [2.24, 2.45) is 5.92 Å². The molecule has 1 atom stereocenters. The van der Waals surface area contributed by atoms with E-state index in [-0.39, 0.29) is 0 Å². The quantitative estimate of drug-likeness (QED) is 0.880. The van der Waals surface area contributed by atoms with Crippen molar-refractivity contribution in [2.45, 2.75) is 33.7 Å². The molecule has 0 bridgehead atoms. The Morgan fingerprint density at radius 3 is 2.78 bits per heavy atom. The first-order valence-corrected chi connectivity index (χ1v) is 7.21. The molecule has 0 spiro atoms. The Labute approximate surface area is 112 Å². The highest BCUT2D eigenvalue weighted by atomic mass is 32.1. The fourth-order valence-corrected chi connectivity index (χ4v) is 2.58. The van der Waals surface area contributed by atoms with Gasteiger partial charge < -0.3 is 10.1 Å². The molecule has 0 fully saturated rings. The molecule has 0 aliphatic rings. The van der Waals surface area contributed by atoms with Crippen LogP contribution in [0.2, 0.25) is 0 Å². The van der Waals surface area contributed by atoms with E-state index in [1.165, 1.54) is 4.70 Å². The summed E-state index contributed by atoms with van der Waals surface area (Å²) in [5.41, 5.74) is 1.03. The third-order valence-corrected chi connectivity index (χ3v) is 3.97. The number of rotatable bonds is 5. The Hall–Kier alpha value is -1.29. The summed E-state index contributed by atoms with van der Waals surface area (Å²) < 4.78 is 6.67. The van der Waals surface area contributed by atoms with Gasteiger partial charge in [0.2, 0.25) is 0 Å². The van der Waals surface area contributed by atoms with E-state index in [9.17, 15) is 0 Å². The van der Waals surface area contributed by atoms with E-state index < -0.39 is 0 Å². The minimum Gasteiger partial charge on any atom is -0.494 e. The number of thiazole rings is 1. The average Bonchev–Trinajstić information content (AvgIpc) is 2.70. The lowest BCUT2D eigenvalue weighted by atomic mass is 10.1. The lowest BCUT2D eigenvalue weighted by molar-refractivity contribution is 0.341. The minimum atomic E-state index is 0.428. The molecule has 98 valence electrons. The maximum Gasteiger partial charge on any atom is 0.184 e. The average molecular weight is 264 g/mol. The molecule has 0 saturated heterocycles. The van der Waals surface area contributed by atoms with Crippen LogP contribution < -0.4 is 10.1 Å². The smallest absolute Gasteiger partial charge is 0.184 e. The maximum absolute atomic E-state index is 5.50. The van der Waals surface area contributed by atoms with Crippen LogP contribution in [0.4, 0.5) is 5.13 Å². The van der Waals surface area contributed by atoms with Crippen molar-refractivity contribution in [1.82, 2.24) is 4.98 Å². The van der Waals surface area contributed by atoms with E-state index in [4.69, 9.17) is 4.74 Å². The second-order valence-corrected chi connectivity index (χ2v) is 5.79. The van der Waals surface area contributed by atoms with Gasteiger partial charge in [0, 0.05) is 6.04 Å². The second-order valence-electron chi connectivity index (χ2n) is 4.76. The lowest BCUT2D eigenvalue weighted by Gasteiger charge is -2.16. The van der Waals surface area contributed by atoms with Crippen LogP contribution in [0.25, 0.3) is 10.2 Å². The zero-order valence-corrected chi connectivity index (χ0v) is 12.2. The van der Waals surface area contributed by atoms with Crippen molar-refractivity contribution in [1.29, 1.82) is 0 Å². The van der Waals surface area contributed by atoms with Gasteiger partial charge in [0.25, 0.3) is 0 Å². The van der Waals surface area contributed by atoms with Crippen molar-refractivity contribution in [2.75, 3.05) is 11.9 Å². The molecular formula is C14H20N2OS. The van der Waals surface area contributed by atoms with Gasteiger partial charge in [0.15, 0.2) is 5.13 Å². The zero-order chi connectivity index (χ0) is 13.1. The van der Waals surface area contributed by atoms with Gasteiger partial charge in [-0.05, 0) is 38.0 Å². The van der Waals surface area contributed by atoms with Crippen molar-refractivity contribution >= 4 is 26.7 Å². The van der Waals surface area contributed by atoms with Crippen molar-refractivity contribution in [3.63, 3.8) is 0 Å². The van der Waals surface area contributed by atoms with Gasteiger partial charge in [-0.1, -0.05) is 25.2 Å². The fraction of sp³-hybridized carbons (Fsp3) is 0.500. The zero-order valence-electron chi connectivity index (χ0n) is 11.4. The Bertz CT molecular complexity index is 521. The molecule has 1 aromatic heterocycles. The summed E-state index contributed by atoms with van der Waals surface area (Å²) in [7, 11) is 0. The number of nitrogens with one attached hydrogen (secondary N) is 1. The first-order valence-electron chi connectivity index (χ1n) is 6.40. The summed E-state index contributed by atoms with van der Waals surface area (Å²) in [4.78, 5) is 4.59. The number of ether oxygens (including phenoxy) is 1. The number of hydrogen-bond donors (Lipinski definition) is 1. The third-order valence-electron chi connectivity index (χ3n) is 3.02. The molecule has 0 aliphatic carbocycles. The first-order chi connectivity index (χ1) is 8.60. The Kier molecular flexibility index (Phi) is 4.07. The van der Waals surface area contributed by atoms with Gasteiger partial charge in [-0.3, -0.25) is 0 Å². The first kappa shape index (κ1) is 13.1. The monoisotopic (exact) mass is 264 g/mol. The number of fused-ring (bicyclic) bond motifs is 1. The molecule has 1 aromatic carbocycles. The van der Waals surface area contributed by atoms with Gasteiger partial charge in [0.1, 0.15) is 5.75 Å². The summed E-state index contributed by atoms with van der Waals surface area (Å²) in [6, 6.07) is 6.47. The highest BCUT2D eigenvalue weighted by molar-refractivity contribution is 7.22. The topological polar surface area (TPSA) is 34.1 Å². The predicted octanol–water partition coefficient (Wildman–Crippen LogP) is 4.15. The summed E-state index contributed by atoms with van der Waals surface area (Å²) in [5.74, 6) is 1.51. The summed E-state index contributed by atoms with van der Waals surface area (Å²) in [6.07, 6.45) is 0. The largest absolute Gasteiger partial charge is 0.494 e. The summed E-state index contributed by atoms with van der Waals surface area (Å²) >= 11 is 1.68. The number of nitrogens with zero attached hydrogens (tertiary/aromatic N) is 1. The SMILES string of the molecule is CCOc1ccc2nc(NC(C)C(C)C)sc2c1. The Balaban J connectivity index is 2.21. The van der Waals surface area contributed by atoms with Gasteiger partial charge in [0.05, 0.1) is 16.8 Å². The summed E-state index contributed by atoms with van der Waals surface area (Å²) in [5, 5.41) is 4.43. The second kappa shape index (κ2) is 5.57. The van der Waals surface area contributed by atoms with Crippen LogP contribution in [0.5, 0.6) is 5.75 Å². The van der Waals surface area contributed by atoms with Crippen LogP contribution in [0, 0.1) is 5.92 Å². The molecule has 2 rings (SSSR count). The Morgan fingerprint density at radius 1 is 1.33 bits per heavy atom.